The van der Waals surface area contributed by atoms with E-state index < -0.39 is 0 Å². The van der Waals surface area contributed by atoms with Gasteiger partial charge < -0.3 is 10.2 Å². The van der Waals surface area contributed by atoms with Crippen LogP contribution in [0, 0.1) is 5.82 Å². The van der Waals surface area contributed by atoms with Crippen molar-refractivity contribution in [2.24, 2.45) is 0 Å². The molecule has 0 bridgehead atoms. The van der Waals surface area contributed by atoms with E-state index in [9.17, 15) is 14.0 Å². The molecule has 0 saturated heterocycles. The summed E-state index contributed by atoms with van der Waals surface area (Å²) in [5.41, 5.74) is 3.70. The Hall–Kier alpha value is -3.18. The molecular weight excluding hydrogens is 403 g/mol. The second-order valence-corrected chi connectivity index (χ2v) is 7.66. The van der Waals surface area contributed by atoms with Crippen LogP contribution in [-0.2, 0) is 13.0 Å². The Bertz CT molecular complexity index is 1080. The largest absolute Gasteiger partial charge is 0.348 e. The van der Waals surface area contributed by atoms with Gasteiger partial charge in [0.15, 0.2) is 0 Å². The molecular formula is C24H20ClFN2O2. The molecule has 0 spiro atoms. The average molecular weight is 423 g/mol. The quantitative estimate of drug-likeness (QED) is 0.643. The van der Waals surface area contributed by atoms with E-state index in [1.165, 1.54) is 24.3 Å². The Kier molecular flexibility index (Phi) is 5.81. The first kappa shape index (κ1) is 20.1. The van der Waals surface area contributed by atoms with Crippen LogP contribution in [0.3, 0.4) is 0 Å². The van der Waals surface area contributed by atoms with Gasteiger partial charge in [0.2, 0.25) is 0 Å². The summed E-state index contributed by atoms with van der Waals surface area (Å²) in [6.07, 6.45) is 1.59. The number of hydrogen-bond acceptors (Lipinski definition) is 2. The Labute approximate surface area is 179 Å². The number of halogens is 2. The summed E-state index contributed by atoms with van der Waals surface area (Å²) >= 11 is 5.89. The molecule has 0 fully saturated rings. The van der Waals surface area contributed by atoms with E-state index in [0.29, 0.717) is 29.2 Å². The van der Waals surface area contributed by atoms with Gasteiger partial charge >= 0.3 is 0 Å². The molecule has 1 aliphatic rings. The van der Waals surface area contributed by atoms with Gasteiger partial charge in [-0.15, -0.1) is 0 Å². The number of rotatable bonds is 4. The van der Waals surface area contributed by atoms with E-state index >= 15 is 0 Å². The number of carbonyl (C=O) groups is 2. The fourth-order valence-corrected chi connectivity index (χ4v) is 3.71. The molecule has 3 aromatic carbocycles. The van der Waals surface area contributed by atoms with Crippen molar-refractivity contribution in [1.29, 1.82) is 0 Å². The van der Waals surface area contributed by atoms with Crippen molar-refractivity contribution in [3.63, 3.8) is 0 Å². The highest BCUT2D eigenvalue weighted by Crippen LogP contribution is 2.29. The lowest BCUT2D eigenvalue weighted by Gasteiger charge is -2.30. The van der Waals surface area contributed by atoms with Crippen LogP contribution < -0.4 is 10.2 Å². The lowest BCUT2D eigenvalue weighted by molar-refractivity contribution is 0.0950. The molecule has 30 heavy (non-hydrogen) atoms. The SMILES string of the molecule is O=C(NCc1ccc(Cl)cc1)c1ccc2c(c1)CCCN2C(=O)c1ccc(F)cc1. The maximum Gasteiger partial charge on any atom is 0.258 e. The van der Waals surface area contributed by atoms with Crippen LogP contribution in [0.25, 0.3) is 0 Å². The van der Waals surface area contributed by atoms with Crippen LogP contribution in [0.15, 0.2) is 66.7 Å². The van der Waals surface area contributed by atoms with Crippen molar-refractivity contribution in [2.75, 3.05) is 11.4 Å². The predicted molar refractivity (Wildman–Crippen MR) is 115 cm³/mol. The molecule has 0 aromatic heterocycles. The summed E-state index contributed by atoms with van der Waals surface area (Å²) in [4.78, 5) is 27.2. The monoisotopic (exact) mass is 422 g/mol. The van der Waals surface area contributed by atoms with Crippen LogP contribution in [0.2, 0.25) is 5.02 Å². The lowest BCUT2D eigenvalue weighted by atomic mass is 9.98. The maximum absolute atomic E-state index is 13.2. The normalized spacial score (nSPS) is 12.9. The molecule has 1 aliphatic heterocycles. The molecule has 4 rings (SSSR count). The zero-order valence-electron chi connectivity index (χ0n) is 16.2. The van der Waals surface area contributed by atoms with Gasteiger partial charge in [-0.2, -0.15) is 0 Å². The van der Waals surface area contributed by atoms with Crippen LogP contribution in [-0.4, -0.2) is 18.4 Å². The van der Waals surface area contributed by atoms with Crippen LogP contribution in [0.5, 0.6) is 0 Å². The van der Waals surface area contributed by atoms with Crippen molar-refractivity contribution in [1.82, 2.24) is 5.32 Å². The Morgan fingerprint density at radius 2 is 1.67 bits per heavy atom. The van der Waals surface area contributed by atoms with Crippen molar-refractivity contribution < 1.29 is 14.0 Å². The fraction of sp³-hybridized carbons (Fsp3) is 0.167. The van der Waals surface area contributed by atoms with Gasteiger partial charge in [0.25, 0.3) is 11.8 Å². The Morgan fingerprint density at radius 1 is 0.967 bits per heavy atom. The molecule has 0 aliphatic carbocycles. The second-order valence-electron chi connectivity index (χ2n) is 7.22. The van der Waals surface area contributed by atoms with E-state index in [1.807, 2.05) is 24.3 Å². The van der Waals surface area contributed by atoms with Crippen LogP contribution in [0.4, 0.5) is 10.1 Å². The zero-order valence-corrected chi connectivity index (χ0v) is 17.0. The van der Waals surface area contributed by atoms with Gasteiger partial charge in [-0.25, -0.2) is 4.39 Å². The molecule has 2 amide bonds. The number of benzene rings is 3. The third-order valence-corrected chi connectivity index (χ3v) is 5.41. The van der Waals surface area contributed by atoms with Gasteiger partial charge in [-0.05, 0) is 78.6 Å². The Balaban J connectivity index is 1.49. The smallest absolute Gasteiger partial charge is 0.258 e. The zero-order chi connectivity index (χ0) is 21.1. The highest BCUT2D eigenvalue weighted by Gasteiger charge is 2.24. The molecule has 152 valence electrons. The first-order chi connectivity index (χ1) is 14.5. The molecule has 0 radical (unpaired) electrons. The number of amides is 2. The molecule has 4 nitrogen and oxygen atoms in total. The van der Waals surface area contributed by atoms with E-state index in [1.54, 1.807) is 23.1 Å². The third-order valence-electron chi connectivity index (χ3n) is 5.16. The van der Waals surface area contributed by atoms with Gasteiger partial charge in [0.05, 0.1) is 0 Å². The molecule has 0 saturated carbocycles. The summed E-state index contributed by atoms with van der Waals surface area (Å²) in [7, 11) is 0. The number of aryl methyl sites for hydroxylation is 1. The van der Waals surface area contributed by atoms with E-state index in [2.05, 4.69) is 5.32 Å². The number of fused-ring (bicyclic) bond motifs is 1. The van der Waals surface area contributed by atoms with E-state index in [4.69, 9.17) is 11.6 Å². The third kappa shape index (κ3) is 4.36. The standard InChI is InChI=1S/C24H20ClFN2O2/c25-20-8-3-16(4-9-20)15-27-23(29)19-7-12-22-18(14-19)2-1-13-28(22)24(30)17-5-10-21(26)11-6-17/h3-12,14H,1-2,13,15H2,(H,27,29). The maximum atomic E-state index is 13.2. The highest BCUT2D eigenvalue weighted by atomic mass is 35.5. The average Bonchev–Trinajstić information content (AvgIpc) is 2.77. The number of hydrogen-bond donors (Lipinski definition) is 1. The van der Waals surface area contributed by atoms with Crippen molar-refractivity contribution in [3.05, 3.63) is 99.8 Å². The van der Waals surface area contributed by atoms with Gasteiger partial charge in [0.1, 0.15) is 5.82 Å². The first-order valence-corrected chi connectivity index (χ1v) is 10.1. The molecule has 3 aromatic rings. The number of anilines is 1. The number of carbonyl (C=O) groups excluding carboxylic acids is 2. The minimum atomic E-state index is -0.375. The minimum Gasteiger partial charge on any atom is -0.348 e. The summed E-state index contributed by atoms with van der Waals surface area (Å²) in [5.74, 6) is -0.717. The summed E-state index contributed by atoms with van der Waals surface area (Å²) in [5, 5.41) is 3.56. The van der Waals surface area contributed by atoms with Gasteiger partial charge in [-0.3, -0.25) is 9.59 Å². The molecule has 1 heterocycles. The van der Waals surface area contributed by atoms with Crippen molar-refractivity contribution in [3.8, 4) is 0 Å². The van der Waals surface area contributed by atoms with E-state index in [0.717, 1.165) is 29.7 Å². The van der Waals surface area contributed by atoms with E-state index in [-0.39, 0.29) is 17.6 Å². The van der Waals surface area contributed by atoms with Gasteiger partial charge in [0, 0.05) is 34.9 Å². The van der Waals surface area contributed by atoms with Crippen LogP contribution >= 0.6 is 11.6 Å². The summed E-state index contributed by atoms with van der Waals surface area (Å²) < 4.78 is 13.2. The number of nitrogens with one attached hydrogen (secondary N) is 1. The minimum absolute atomic E-state index is 0.170. The second kappa shape index (κ2) is 8.67. The summed E-state index contributed by atoms with van der Waals surface area (Å²) in [6.45, 7) is 0.994. The predicted octanol–water partition coefficient (Wildman–Crippen LogP) is 5.00. The lowest BCUT2D eigenvalue weighted by Crippen LogP contribution is -2.35. The highest BCUT2D eigenvalue weighted by molar-refractivity contribution is 6.30. The fourth-order valence-electron chi connectivity index (χ4n) is 3.58. The van der Waals surface area contributed by atoms with Crippen molar-refractivity contribution >= 4 is 29.1 Å². The number of nitrogens with zero attached hydrogens (tertiary/aromatic N) is 1. The first-order valence-electron chi connectivity index (χ1n) is 9.74. The van der Waals surface area contributed by atoms with Crippen molar-refractivity contribution in [2.45, 2.75) is 19.4 Å². The van der Waals surface area contributed by atoms with Crippen LogP contribution in [0.1, 0.15) is 38.3 Å². The van der Waals surface area contributed by atoms with Gasteiger partial charge in [-0.1, -0.05) is 23.7 Å². The molecule has 0 unspecified atom stereocenters. The molecule has 1 N–H and O–H groups in total. The molecule has 6 heteroatoms. The Morgan fingerprint density at radius 3 is 2.40 bits per heavy atom. The topological polar surface area (TPSA) is 49.4 Å². The summed E-state index contributed by atoms with van der Waals surface area (Å²) in [6, 6.07) is 18.2. The molecule has 0 atom stereocenters.